The summed E-state index contributed by atoms with van der Waals surface area (Å²) < 4.78 is 23.2. The predicted octanol–water partition coefficient (Wildman–Crippen LogP) is 1.30. The number of halogens is 1. The molecule has 0 radical (unpaired) electrons. The molecule has 1 heterocycles. The minimum absolute atomic E-state index is 0.0439. The third kappa shape index (κ3) is 1.52. The summed E-state index contributed by atoms with van der Waals surface area (Å²) >= 11 is 5.81. The zero-order chi connectivity index (χ0) is 11.2. The molecule has 80 valence electrons. The second kappa shape index (κ2) is 3.21. The molecular formula is C9H7ClO4S. The minimum atomic E-state index is -3.49. The lowest BCUT2D eigenvalue weighted by Gasteiger charge is -2.04. The average molecular weight is 247 g/mol. The highest BCUT2D eigenvalue weighted by Gasteiger charge is 2.40. The summed E-state index contributed by atoms with van der Waals surface area (Å²) in [5, 5.41) is 9.09. The molecule has 15 heavy (non-hydrogen) atoms. The van der Waals surface area contributed by atoms with Gasteiger partial charge in [0.25, 0.3) is 0 Å². The smallest absolute Gasteiger partial charge is 0.312 e. The number of rotatable bonds is 1. The van der Waals surface area contributed by atoms with Crippen molar-refractivity contribution in [2.24, 2.45) is 0 Å². The number of fused-ring (bicyclic) bond motifs is 1. The lowest BCUT2D eigenvalue weighted by molar-refractivity contribution is -0.138. The molecule has 1 aromatic carbocycles. The first kappa shape index (κ1) is 10.4. The number of aliphatic carboxylic acids is 1. The number of carboxylic acid groups (broad SMARTS) is 1. The molecule has 1 atom stereocenters. The Bertz CT molecular complexity index is 535. The van der Waals surface area contributed by atoms with Crippen molar-refractivity contribution in [3.8, 4) is 0 Å². The van der Waals surface area contributed by atoms with Gasteiger partial charge in [-0.05, 0) is 12.1 Å². The fourth-order valence-corrected chi connectivity index (χ4v) is 3.88. The highest BCUT2D eigenvalue weighted by Crippen LogP contribution is 2.39. The van der Waals surface area contributed by atoms with Crippen molar-refractivity contribution in [2.75, 3.05) is 5.75 Å². The molecule has 1 unspecified atom stereocenters. The Morgan fingerprint density at radius 1 is 1.47 bits per heavy atom. The first-order valence-electron chi connectivity index (χ1n) is 4.17. The Hall–Kier alpha value is -1.07. The molecule has 0 fully saturated rings. The zero-order valence-electron chi connectivity index (χ0n) is 7.47. The van der Waals surface area contributed by atoms with Crippen LogP contribution in [-0.2, 0) is 14.6 Å². The fraction of sp³-hybridized carbons (Fsp3) is 0.222. The highest BCUT2D eigenvalue weighted by molar-refractivity contribution is 7.91. The molecule has 0 saturated heterocycles. The van der Waals surface area contributed by atoms with E-state index in [-0.39, 0.29) is 15.5 Å². The van der Waals surface area contributed by atoms with Crippen LogP contribution >= 0.6 is 11.6 Å². The summed E-state index contributed by atoms with van der Waals surface area (Å²) in [7, 11) is -3.49. The van der Waals surface area contributed by atoms with Crippen LogP contribution in [0.25, 0.3) is 0 Å². The summed E-state index contributed by atoms with van der Waals surface area (Å²) in [6, 6.07) is 4.39. The van der Waals surface area contributed by atoms with Gasteiger partial charge in [0.1, 0.15) is 0 Å². The standard InChI is InChI=1S/C9H7ClO4S/c10-6-2-1-3-7-8(6)5(9(11)12)4-15(7,13)14/h1-3,5H,4H2,(H,11,12). The summed E-state index contributed by atoms with van der Waals surface area (Å²) in [6.07, 6.45) is 0. The van der Waals surface area contributed by atoms with Gasteiger partial charge in [0.05, 0.1) is 16.6 Å². The van der Waals surface area contributed by atoms with E-state index in [9.17, 15) is 13.2 Å². The molecule has 1 N–H and O–H groups in total. The van der Waals surface area contributed by atoms with Gasteiger partial charge in [-0.15, -0.1) is 0 Å². The number of carbonyl (C=O) groups is 1. The number of carboxylic acids is 1. The van der Waals surface area contributed by atoms with Crippen molar-refractivity contribution >= 4 is 27.4 Å². The molecule has 4 nitrogen and oxygen atoms in total. The van der Waals surface area contributed by atoms with E-state index in [1.165, 1.54) is 18.2 Å². The van der Waals surface area contributed by atoms with Gasteiger partial charge < -0.3 is 5.11 Å². The Labute approximate surface area is 91.4 Å². The molecule has 2 rings (SSSR count). The van der Waals surface area contributed by atoms with Crippen LogP contribution in [0.2, 0.25) is 5.02 Å². The summed E-state index contributed by atoms with van der Waals surface area (Å²) in [5.74, 6) is -2.61. The molecule has 0 aromatic heterocycles. The number of benzene rings is 1. The normalized spacial score (nSPS) is 22.3. The lowest BCUT2D eigenvalue weighted by Crippen LogP contribution is -2.13. The third-order valence-corrected chi connectivity index (χ3v) is 4.51. The predicted molar refractivity (Wildman–Crippen MR) is 53.9 cm³/mol. The molecule has 0 spiro atoms. The maximum Gasteiger partial charge on any atom is 0.312 e. The molecule has 0 aliphatic carbocycles. The van der Waals surface area contributed by atoms with Crippen LogP contribution in [0.15, 0.2) is 23.1 Å². The minimum Gasteiger partial charge on any atom is -0.481 e. The maximum atomic E-state index is 11.6. The van der Waals surface area contributed by atoms with E-state index in [2.05, 4.69) is 0 Å². The molecular weight excluding hydrogens is 240 g/mol. The quantitative estimate of drug-likeness (QED) is 0.811. The molecule has 0 saturated carbocycles. The Morgan fingerprint density at radius 2 is 2.13 bits per heavy atom. The second-order valence-corrected chi connectivity index (χ2v) is 5.73. The van der Waals surface area contributed by atoms with E-state index in [1.807, 2.05) is 0 Å². The van der Waals surface area contributed by atoms with Gasteiger partial charge in [0.2, 0.25) is 0 Å². The van der Waals surface area contributed by atoms with Crippen LogP contribution in [0, 0.1) is 0 Å². The van der Waals surface area contributed by atoms with E-state index in [1.54, 1.807) is 0 Å². The van der Waals surface area contributed by atoms with Gasteiger partial charge in [-0.25, -0.2) is 8.42 Å². The number of sulfone groups is 1. The maximum absolute atomic E-state index is 11.6. The van der Waals surface area contributed by atoms with E-state index >= 15 is 0 Å². The van der Waals surface area contributed by atoms with Crippen LogP contribution < -0.4 is 0 Å². The van der Waals surface area contributed by atoms with Gasteiger partial charge in [0, 0.05) is 10.6 Å². The lowest BCUT2D eigenvalue weighted by atomic mass is 10.0. The van der Waals surface area contributed by atoms with E-state index in [0.29, 0.717) is 0 Å². The molecule has 6 heteroatoms. The van der Waals surface area contributed by atoms with Crippen molar-refractivity contribution in [1.82, 2.24) is 0 Å². The SMILES string of the molecule is O=C(O)C1CS(=O)(=O)c2cccc(Cl)c21. The van der Waals surface area contributed by atoms with Gasteiger partial charge in [-0.1, -0.05) is 17.7 Å². The second-order valence-electron chi connectivity index (χ2n) is 3.32. The topological polar surface area (TPSA) is 71.4 Å². The van der Waals surface area contributed by atoms with Gasteiger partial charge in [0.15, 0.2) is 9.84 Å². The van der Waals surface area contributed by atoms with E-state index < -0.39 is 27.5 Å². The van der Waals surface area contributed by atoms with Crippen molar-refractivity contribution in [1.29, 1.82) is 0 Å². The molecule has 0 amide bonds. The highest BCUT2D eigenvalue weighted by atomic mass is 35.5. The largest absolute Gasteiger partial charge is 0.481 e. The first-order chi connectivity index (χ1) is 6.93. The van der Waals surface area contributed by atoms with Crippen LogP contribution in [0.4, 0.5) is 0 Å². The Balaban J connectivity index is 2.75. The van der Waals surface area contributed by atoms with Crippen LogP contribution in [0.5, 0.6) is 0 Å². The van der Waals surface area contributed by atoms with Crippen LogP contribution in [0.1, 0.15) is 11.5 Å². The monoisotopic (exact) mass is 246 g/mol. The van der Waals surface area contributed by atoms with Gasteiger partial charge in [-0.2, -0.15) is 0 Å². The van der Waals surface area contributed by atoms with Crippen molar-refractivity contribution in [3.05, 3.63) is 28.8 Å². The molecule has 0 bridgehead atoms. The summed E-state index contributed by atoms with van der Waals surface area (Å²) in [4.78, 5) is 10.9. The van der Waals surface area contributed by atoms with Gasteiger partial charge in [-0.3, -0.25) is 4.79 Å². The first-order valence-corrected chi connectivity index (χ1v) is 6.20. The Morgan fingerprint density at radius 3 is 2.73 bits per heavy atom. The molecule has 1 aromatic rings. The van der Waals surface area contributed by atoms with Crippen molar-refractivity contribution in [2.45, 2.75) is 10.8 Å². The Kier molecular flexibility index (Phi) is 2.24. The number of hydrogen-bond donors (Lipinski definition) is 1. The fourth-order valence-electron chi connectivity index (χ4n) is 1.71. The average Bonchev–Trinajstić information content (AvgIpc) is 2.40. The van der Waals surface area contributed by atoms with Crippen molar-refractivity contribution in [3.63, 3.8) is 0 Å². The summed E-state index contributed by atoms with van der Waals surface area (Å²) in [6.45, 7) is 0. The number of hydrogen-bond acceptors (Lipinski definition) is 3. The van der Waals surface area contributed by atoms with Crippen molar-refractivity contribution < 1.29 is 18.3 Å². The zero-order valence-corrected chi connectivity index (χ0v) is 9.05. The van der Waals surface area contributed by atoms with Crippen LogP contribution in [-0.4, -0.2) is 25.2 Å². The molecule has 1 aliphatic rings. The van der Waals surface area contributed by atoms with Crippen LogP contribution in [0.3, 0.4) is 0 Å². The summed E-state index contributed by atoms with van der Waals surface area (Å²) in [5.41, 5.74) is 0.215. The third-order valence-electron chi connectivity index (χ3n) is 2.38. The van der Waals surface area contributed by atoms with E-state index in [0.717, 1.165) is 0 Å². The van der Waals surface area contributed by atoms with E-state index in [4.69, 9.17) is 16.7 Å². The van der Waals surface area contributed by atoms with Gasteiger partial charge >= 0.3 is 5.97 Å². The molecule has 1 aliphatic heterocycles.